The summed E-state index contributed by atoms with van der Waals surface area (Å²) in [5.74, 6) is -0.914. The third kappa shape index (κ3) is 3.40. The van der Waals surface area contributed by atoms with Crippen molar-refractivity contribution in [2.24, 2.45) is 0 Å². The molecule has 6 nitrogen and oxygen atoms in total. The minimum Gasteiger partial charge on any atom is -0.462 e. The van der Waals surface area contributed by atoms with Crippen molar-refractivity contribution in [3.8, 4) is 11.8 Å². The van der Waals surface area contributed by atoms with Gasteiger partial charge in [0.1, 0.15) is 11.6 Å². The molecule has 118 valence electrons. The lowest BCUT2D eigenvalue weighted by Gasteiger charge is -2.02. The van der Waals surface area contributed by atoms with Crippen LogP contribution in [0, 0.1) is 18.3 Å². The van der Waals surface area contributed by atoms with Gasteiger partial charge in [0.15, 0.2) is 5.75 Å². The Bertz CT molecular complexity index is 840. The zero-order chi connectivity index (χ0) is 17.0. The second-order valence-electron chi connectivity index (χ2n) is 4.81. The van der Waals surface area contributed by atoms with Gasteiger partial charge in [-0.05, 0) is 32.1 Å². The minimum absolute atomic E-state index is 0.158. The van der Waals surface area contributed by atoms with Crippen LogP contribution in [0.2, 0.25) is 0 Å². The van der Waals surface area contributed by atoms with Gasteiger partial charge in [0.25, 0.3) is 0 Å². The standard InChI is InChI=1S/C17H16N2O4/c1-4-22-17(21)13(9-18)8-14-15-7-5-6-11(2)19(15)10-16(14)23-12(3)20/h5-8,10H,4H2,1-3H3. The molecule has 0 fully saturated rings. The highest BCUT2D eigenvalue weighted by Gasteiger charge is 2.17. The number of ether oxygens (including phenoxy) is 2. The summed E-state index contributed by atoms with van der Waals surface area (Å²) >= 11 is 0. The predicted molar refractivity (Wildman–Crippen MR) is 83.7 cm³/mol. The molecule has 0 saturated carbocycles. The van der Waals surface area contributed by atoms with E-state index in [2.05, 4.69) is 0 Å². The average Bonchev–Trinajstić information content (AvgIpc) is 2.83. The van der Waals surface area contributed by atoms with E-state index in [0.29, 0.717) is 5.56 Å². The lowest BCUT2D eigenvalue weighted by Crippen LogP contribution is -2.06. The van der Waals surface area contributed by atoms with Crippen molar-refractivity contribution in [1.82, 2.24) is 4.40 Å². The van der Waals surface area contributed by atoms with Gasteiger partial charge < -0.3 is 13.9 Å². The molecule has 0 aliphatic carbocycles. The molecule has 0 saturated heterocycles. The number of aromatic nitrogens is 1. The number of pyridine rings is 1. The van der Waals surface area contributed by atoms with E-state index >= 15 is 0 Å². The van der Waals surface area contributed by atoms with E-state index in [1.807, 2.05) is 35.6 Å². The molecular weight excluding hydrogens is 296 g/mol. The van der Waals surface area contributed by atoms with Crippen LogP contribution in [-0.4, -0.2) is 22.9 Å². The Morgan fingerprint density at radius 2 is 2.13 bits per heavy atom. The maximum Gasteiger partial charge on any atom is 0.348 e. The Hall–Kier alpha value is -3.07. The maximum absolute atomic E-state index is 11.8. The topological polar surface area (TPSA) is 80.8 Å². The Kier molecular flexibility index (Phi) is 4.82. The zero-order valence-corrected chi connectivity index (χ0v) is 13.1. The number of hydrogen-bond donors (Lipinski definition) is 0. The zero-order valence-electron chi connectivity index (χ0n) is 13.1. The first kappa shape index (κ1) is 16.3. The van der Waals surface area contributed by atoms with Crippen LogP contribution < -0.4 is 4.74 Å². The summed E-state index contributed by atoms with van der Waals surface area (Å²) in [7, 11) is 0. The second-order valence-corrected chi connectivity index (χ2v) is 4.81. The molecule has 0 radical (unpaired) electrons. The number of esters is 2. The summed E-state index contributed by atoms with van der Waals surface area (Å²) in [4.78, 5) is 23.1. The number of rotatable bonds is 4. The summed E-state index contributed by atoms with van der Waals surface area (Å²) < 4.78 is 11.9. The van der Waals surface area contributed by atoms with E-state index in [-0.39, 0.29) is 17.9 Å². The fraction of sp³-hybridized carbons (Fsp3) is 0.235. The molecule has 0 bridgehead atoms. The molecule has 2 heterocycles. The molecule has 0 aromatic carbocycles. The fourth-order valence-corrected chi connectivity index (χ4v) is 2.20. The smallest absolute Gasteiger partial charge is 0.348 e. The van der Waals surface area contributed by atoms with Gasteiger partial charge in [-0.25, -0.2) is 4.79 Å². The number of aryl methyl sites for hydroxylation is 1. The van der Waals surface area contributed by atoms with Crippen LogP contribution >= 0.6 is 0 Å². The van der Waals surface area contributed by atoms with Crippen molar-refractivity contribution in [1.29, 1.82) is 5.26 Å². The van der Waals surface area contributed by atoms with Gasteiger partial charge in [0.2, 0.25) is 0 Å². The van der Waals surface area contributed by atoms with Crippen molar-refractivity contribution < 1.29 is 19.1 Å². The molecular formula is C17H16N2O4. The molecule has 2 aromatic heterocycles. The molecule has 2 rings (SSSR count). The van der Waals surface area contributed by atoms with E-state index in [1.54, 1.807) is 13.1 Å². The van der Waals surface area contributed by atoms with E-state index < -0.39 is 11.9 Å². The predicted octanol–water partition coefficient (Wildman–Crippen LogP) is 2.64. The van der Waals surface area contributed by atoms with Crippen molar-refractivity contribution in [3.05, 3.63) is 41.2 Å². The normalized spacial score (nSPS) is 11.1. The Morgan fingerprint density at radius 3 is 2.74 bits per heavy atom. The van der Waals surface area contributed by atoms with Crippen molar-refractivity contribution in [2.75, 3.05) is 6.61 Å². The van der Waals surface area contributed by atoms with E-state index in [0.717, 1.165) is 11.2 Å². The monoisotopic (exact) mass is 312 g/mol. The quantitative estimate of drug-likeness (QED) is 0.492. The van der Waals surface area contributed by atoms with Crippen LogP contribution in [0.4, 0.5) is 0 Å². The molecule has 0 aliphatic rings. The highest BCUT2D eigenvalue weighted by Crippen LogP contribution is 2.29. The number of nitriles is 1. The van der Waals surface area contributed by atoms with Crippen LogP contribution in [0.15, 0.2) is 30.0 Å². The van der Waals surface area contributed by atoms with Crippen LogP contribution in [0.25, 0.3) is 11.6 Å². The van der Waals surface area contributed by atoms with Crippen molar-refractivity contribution >= 4 is 23.5 Å². The molecule has 0 amide bonds. The van der Waals surface area contributed by atoms with Gasteiger partial charge >= 0.3 is 11.9 Å². The van der Waals surface area contributed by atoms with Gasteiger partial charge in [0, 0.05) is 18.2 Å². The summed E-state index contributed by atoms with van der Waals surface area (Å²) in [5.41, 5.74) is 1.96. The minimum atomic E-state index is -0.712. The maximum atomic E-state index is 11.8. The molecule has 0 atom stereocenters. The molecule has 23 heavy (non-hydrogen) atoms. The number of fused-ring (bicyclic) bond motifs is 1. The molecule has 0 unspecified atom stereocenters. The van der Waals surface area contributed by atoms with Crippen LogP contribution in [0.1, 0.15) is 25.1 Å². The van der Waals surface area contributed by atoms with Gasteiger partial charge in [-0.15, -0.1) is 0 Å². The summed E-state index contributed by atoms with van der Waals surface area (Å²) in [6, 6.07) is 7.37. The van der Waals surface area contributed by atoms with E-state index in [1.165, 1.54) is 13.0 Å². The van der Waals surface area contributed by atoms with Crippen molar-refractivity contribution in [2.45, 2.75) is 20.8 Å². The van der Waals surface area contributed by atoms with Crippen LogP contribution in [-0.2, 0) is 14.3 Å². The molecule has 0 aliphatic heterocycles. The third-order valence-electron chi connectivity index (χ3n) is 3.18. The van der Waals surface area contributed by atoms with Crippen LogP contribution in [0.3, 0.4) is 0 Å². The lowest BCUT2D eigenvalue weighted by atomic mass is 10.1. The van der Waals surface area contributed by atoms with E-state index in [4.69, 9.17) is 9.47 Å². The first-order chi connectivity index (χ1) is 11.0. The Labute approximate surface area is 133 Å². The molecule has 0 N–H and O–H groups in total. The van der Waals surface area contributed by atoms with E-state index in [9.17, 15) is 14.9 Å². The highest BCUT2D eigenvalue weighted by atomic mass is 16.5. The SMILES string of the molecule is CCOC(=O)C(C#N)=Cc1c(OC(C)=O)cn2c(C)cccc12. The van der Waals surface area contributed by atoms with Gasteiger partial charge in [0.05, 0.1) is 18.3 Å². The molecule has 6 heteroatoms. The largest absolute Gasteiger partial charge is 0.462 e. The van der Waals surface area contributed by atoms with Gasteiger partial charge in [-0.3, -0.25) is 4.79 Å². The number of carbonyl (C=O) groups excluding carboxylic acids is 2. The number of hydrogen-bond acceptors (Lipinski definition) is 5. The van der Waals surface area contributed by atoms with Crippen molar-refractivity contribution in [3.63, 3.8) is 0 Å². The Balaban J connectivity index is 2.66. The summed E-state index contributed by atoms with van der Waals surface area (Å²) in [6.45, 7) is 5.02. The third-order valence-corrected chi connectivity index (χ3v) is 3.18. The van der Waals surface area contributed by atoms with Crippen LogP contribution in [0.5, 0.6) is 5.75 Å². The number of carbonyl (C=O) groups is 2. The summed E-state index contributed by atoms with van der Waals surface area (Å²) in [6.07, 6.45) is 3.03. The molecule has 0 spiro atoms. The highest BCUT2D eigenvalue weighted by molar-refractivity contribution is 6.00. The molecule has 2 aromatic rings. The first-order valence-corrected chi connectivity index (χ1v) is 7.06. The average molecular weight is 312 g/mol. The Morgan fingerprint density at radius 1 is 1.39 bits per heavy atom. The first-order valence-electron chi connectivity index (χ1n) is 7.06. The number of nitrogens with zero attached hydrogens (tertiary/aromatic N) is 2. The summed E-state index contributed by atoms with van der Waals surface area (Å²) in [5, 5.41) is 9.19. The van der Waals surface area contributed by atoms with Gasteiger partial charge in [-0.2, -0.15) is 5.26 Å². The fourth-order valence-electron chi connectivity index (χ4n) is 2.20. The van der Waals surface area contributed by atoms with Gasteiger partial charge in [-0.1, -0.05) is 6.07 Å². The lowest BCUT2D eigenvalue weighted by molar-refractivity contribution is -0.138. The second kappa shape index (κ2) is 6.79.